The van der Waals surface area contributed by atoms with Gasteiger partial charge in [0, 0.05) is 25.7 Å². The summed E-state index contributed by atoms with van der Waals surface area (Å²) >= 11 is 0. The van der Waals surface area contributed by atoms with Crippen molar-refractivity contribution in [3.8, 4) is 5.75 Å². The van der Waals surface area contributed by atoms with Gasteiger partial charge in [0.2, 0.25) is 16.0 Å². The number of ether oxygens (including phenoxy) is 1. The fraction of sp³-hybridized carbons (Fsp3) is 0.320. The Morgan fingerprint density at radius 1 is 1.18 bits per heavy atom. The van der Waals surface area contributed by atoms with Crippen molar-refractivity contribution in [2.45, 2.75) is 31.4 Å². The lowest BCUT2D eigenvalue weighted by Gasteiger charge is -2.25. The molecule has 1 aromatic heterocycles. The van der Waals surface area contributed by atoms with Gasteiger partial charge in [0.1, 0.15) is 11.6 Å². The summed E-state index contributed by atoms with van der Waals surface area (Å²) in [5, 5.41) is 8.52. The molecule has 4 N–H and O–H groups in total. The van der Waals surface area contributed by atoms with Crippen molar-refractivity contribution in [1.82, 2.24) is 20.0 Å². The van der Waals surface area contributed by atoms with Gasteiger partial charge in [-0.3, -0.25) is 4.79 Å². The minimum absolute atomic E-state index is 0.00889. The second-order valence-electron chi connectivity index (χ2n) is 8.98. The van der Waals surface area contributed by atoms with E-state index in [4.69, 9.17) is 4.74 Å². The van der Waals surface area contributed by atoms with Crippen molar-refractivity contribution in [1.29, 1.82) is 0 Å². The van der Waals surface area contributed by atoms with Gasteiger partial charge in [-0.15, -0.1) is 0 Å². The third-order valence-corrected chi connectivity index (χ3v) is 6.82. The molecule has 0 aliphatic heterocycles. The Bertz CT molecular complexity index is 1460. The SMILES string of the molecule is CNC(=O)c1ccc(Nc2ncc(C(C)(F)F)c(NC3c4ccccc4CC3NS(C)(=O)=O)n2)c(OC)c1. The van der Waals surface area contributed by atoms with Gasteiger partial charge in [0.05, 0.1) is 36.7 Å². The van der Waals surface area contributed by atoms with Crippen LogP contribution in [0.1, 0.15) is 40.0 Å². The van der Waals surface area contributed by atoms with E-state index in [2.05, 4.69) is 30.6 Å². The topological polar surface area (TPSA) is 134 Å². The van der Waals surface area contributed by atoms with Gasteiger partial charge in [-0.25, -0.2) is 26.9 Å². The molecule has 2 atom stereocenters. The maximum absolute atomic E-state index is 14.6. The number of aromatic nitrogens is 2. The third kappa shape index (κ3) is 6.00. The summed E-state index contributed by atoms with van der Waals surface area (Å²) in [4.78, 5) is 20.3. The van der Waals surface area contributed by atoms with Crippen LogP contribution in [-0.2, 0) is 22.4 Å². The van der Waals surface area contributed by atoms with E-state index >= 15 is 0 Å². The molecule has 1 aliphatic rings. The number of methoxy groups -OCH3 is 1. The molecule has 3 aromatic rings. The molecule has 1 amide bonds. The number of carbonyl (C=O) groups excluding carboxylic acids is 1. The van der Waals surface area contributed by atoms with Crippen LogP contribution < -0.4 is 25.4 Å². The second-order valence-corrected chi connectivity index (χ2v) is 10.8. The van der Waals surface area contributed by atoms with E-state index in [1.807, 2.05) is 18.2 Å². The van der Waals surface area contributed by atoms with E-state index in [0.717, 1.165) is 30.5 Å². The molecule has 0 spiro atoms. The molecule has 4 rings (SSSR count). The molecule has 202 valence electrons. The number of nitrogens with zero attached hydrogens (tertiary/aromatic N) is 2. The van der Waals surface area contributed by atoms with E-state index in [1.165, 1.54) is 20.2 Å². The smallest absolute Gasteiger partial charge is 0.275 e. The van der Waals surface area contributed by atoms with Crippen LogP contribution in [-0.4, -0.2) is 50.7 Å². The lowest BCUT2D eigenvalue weighted by atomic mass is 10.1. The van der Waals surface area contributed by atoms with Crippen molar-refractivity contribution in [3.05, 3.63) is 70.9 Å². The Morgan fingerprint density at radius 2 is 1.92 bits per heavy atom. The van der Waals surface area contributed by atoms with E-state index in [1.54, 1.807) is 18.2 Å². The Balaban J connectivity index is 1.71. The molecular weight excluding hydrogens is 518 g/mol. The van der Waals surface area contributed by atoms with Crippen molar-refractivity contribution in [2.24, 2.45) is 0 Å². The number of benzene rings is 2. The predicted molar refractivity (Wildman–Crippen MR) is 140 cm³/mol. The first-order valence-corrected chi connectivity index (χ1v) is 13.5. The number of nitrogens with one attached hydrogen (secondary N) is 4. The van der Waals surface area contributed by atoms with Gasteiger partial charge in [-0.05, 0) is 35.7 Å². The highest BCUT2D eigenvalue weighted by molar-refractivity contribution is 7.88. The summed E-state index contributed by atoms with van der Waals surface area (Å²) in [7, 11) is -0.650. The highest BCUT2D eigenvalue weighted by Gasteiger charge is 2.37. The summed E-state index contributed by atoms with van der Waals surface area (Å²) < 4.78 is 61.2. The molecule has 0 radical (unpaired) electrons. The highest BCUT2D eigenvalue weighted by Crippen LogP contribution is 2.39. The summed E-state index contributed by atoms with van der Waals surface area (Å²) in [6.45, 7) is 0.735. The summed E-state index contributed by atoms with van der Waals surface area (Å²) in [6.07, 6.45) is 2.45. The number of carbonyl (C=O) groups is 1. The lowest BCUT2D eigenvalue weighted by Crippen LogP contribution is -2.40. The summed E-state index contributed by atoms with van der Waals surface area (Å²) in [5.41, 5.74) is 1.99. The highest BCUT2D eigenvalue weighted by atomic mass is 32.2. The molecule has 2 aromatic carbocycles. The third-order valence-electron chi connectivity index (χ3n) is 6.09. The van der Waals surface area contributed by atoms with E-state index < -0.39 is 33.6 Å². The zero-order valence-electron chi connectivity index (χ0n) is 21.2. The number of sulfonamides is 1. The fourth-order valence-corrected chi connectivity index (χ4v) is 5.15. The average molecular weight is 547 g/mol. The minimum atomic E-state index is -3.58. The van der Waals surface area contributed by atoms with Crippen LogP contribution in [0.2, 0.25) is 0 Å². The molecule has 10 nitrogen and oxygen atoms in total. The number of halogens is 2. The van der Waals surface area contributed by atoms with Crippen LogP contribution in [0, 0.1) is 0 Å². The first kappa shape index (κ1) is 27.2. The molecular formula is C25H28F2N6O4S. The second kappa shape index (κ2) is 10.5. The van der Waals surface area contributed by atoms with Gasteiger partial charge in [-0.2, -0.15) is 4.98 Å². The van der Waals surface area contributed by atoms with Gasteiger partial charge in [0.25, 0.3) is 11.8 Å². The molecule has 0 saturated carbocycles. The Labute approximate surface area is 219 Å². The quantitative estimate of drug-likeness (QED) is 0.321. The number of alkyl halides is 2. The first-order valence-electron chi connectivity index (χ1n) is 11.6. The van der Waals surface area contributed by atoms with Crippen molar-refractivity contribution >= 4 is 33.4 Å². The van der Waals surface area contributed by atoms with Crippen molar-refractivity contribution in [2.75, 3.05) is 31.0 Å². The maximum atomic E-state index is 14.6. The van der Waals surface area contributed by atoms with Gasteiger partial charge in [-0.1, -0.05) is 24.3 Å². The Hall–Kier alpha value is -3.84. The number of fused-ring (bicyclic) bond motifs is 1. The van der Waals surface area contributed by atoms with Crippen LogP contribution in [0.5, 0.6) is 5.75 Å². The van der Waals surface area contributed by atoms with Crippen LogP contribution in [0.15, 0.2) is 48.7 Å². The van der Waals surface area contributed by atoms with Crippen molar-refractivity contribution < 1.29 is 26.7 Å². The van der Waals surface area contributed by atoms with Crippen LogP contribution >= 0.6 is 0 Å². The van der Waals surface area contributed by atoms with E-state index in [0.29, 0.717) is 23.4 Å². The lowest BCUT2D eigenvalue weighted by molar-refractivity contribution is 0.0175. The monoisotopic (exact) mass is 546 g/mol. The molecule has 0 bridgehead atoms. The van der Waals surface area contributed by atoms with Gasteiger partial charge in [0.15, 0.2) is 0 Å². The van der Waals surface area contributed by atoms with E-state index in [-0.39, 0.29) is 17.7 Å². The Kier molecular flexibility index (Phi) is 7.51. The molecule has 0 saturated heterocycles. The molecule has 1 aliphatic carbocycles. The number of amides is 1. The normalized spacial score (nSPS) is 17.0. The number of anilines is 3. The molecule has 1 heterocycles. The van der Waals surface area contributed by atoms with Crippen LogP contribution in [0.4, 0.5) is 26.2 Å². The molecule has 38 heavy (non-hydrogen) atoms. The Morgan fingerprint density at radius 3 is 2.58 bits per heavy atom. The average Bonchev–Trinajstić information content (AvgIpc) is 3.18. The molecule has 0 fully saturated rings. The van der Waals surface area contributed by atoms with E-state index in [9.17, 15) is 22.0 Å². The standard InChI is InChI=1S/C25H28F2N6O4S/c1-25(26,27)17-13-29-24(30-18-10-9-15(23(34)28-2)12-20(18)37-3)32-22(17)31-21-16-8-6-5-7-14(16)11-19(21)33-38(4,35)36/h5-10,12-13,19,21,33H,11H2,1-4H3,(H,28,34)(H2,29,30,31,32). The zero-order valence-corrected chi connectivity index (χ0v) is 22.0. The molecule has 2 unspecified atom stereocenters. The summed E-state index contributed by atoms with van der Waals surface area (Å²) in [6, 6.07) is 10.7. The maximum Gasteiger partial charge on any atom is 0.275 e. The summed E-state index contributed by atoms with van der Waals surface area (Å²) in [5.74, 6) is -3.44. The van der Waals surface area contributed by atoms with Gasteiger partial charge < -0.3 is 20.7 Å². The largest absolute Gasteiger partial charge is 0.495 e. The first-order chi connectivity index (χ1) is 17.9. The molecule has 13 heteroatoms. The fourth-order valence-electron chi connectivity index (χ4n) is 4.38. The number of hydrogen-bond donors (Lipinski definition) is 4. The number of rotatable bonds is 9. The zero-order chi connectivity index (χ0) is 27.7. The van der Waals surface area contributed by atoms with Crippen molar-refractivity contribution in [3.63, 3.8) is 0 Å². The van der Waals surface area contributed by atoms with Gasteiger partial charge >= 0.3 is 0 Å². The minimum Gasteiger partial charge on any atom is -0.495 e. The predicted octanol–water partition coefficient (Wildman–Crippen LogP) is 3.33. The van der Waals surface area contributed by atoms with Crippen LogP contribution in [0.3, 0.4) is 0 Å². The van der Waals surface area contributed by atoms with Crippen LogP contribution in [0.25, 0.3) is 0 Å². The number of hydrogen-bond acceptors (Lipinski definition) is 8.